The van der Waals surface area contributed by atoms with Crippen LogP contribution in [0.25, 0.3) is 11.4 Å². The zero-order valence-corrected chi connectivity index (χ0v) is 7.49. The normalized spacial score (nSPS) is 10.1. The van der Waals surface area contributed by atoms with Gasteiger partial charge in [-0.05, 0) is 18.2 Å². The van der Waals surface area contributed by atoms with E-state index in [4.69, 9.17) is 4.74 Å². The van der Waals surface area contributed by atoms with Gasteiger partial charge >= 0.3 is 0 Å². The van der Waals surface area contributed by atoms with Gasteiger partial charge in [-0.25, -0.2) is 9.37 Å². The van der Waals surface area contributed by atoms with Crippen LogP contribution in [0.1, 0.15) is 0 Å². The maximum atomic E-state index is 13.3. The lowest BCUT2D eigenvalue weighted by Gasteiger charge is -2.02. The molecular formula is C9H8FN3O. The molecule has 14 heavy (non-hydrogen) atoms. The Bertz CT molecular complexity index is 428. The smallest absolute Gasteiger partial charge is 0.165 e. The van der Waals surface area contributed by atoms with Crippen molar-refractivity contribution < 1.29 is 9.13 Å². The minimum Gasteiger partial charge on any atom is -0.494 e. The molecule has 1 heterocycles. The predicted molar refractivity (Wildman–Crippen MR) is 48.3 cm³/mol. The molecule has 0 aliphatic heterocycles. The molecule has 0 unspecified atom stereocenters. The summed E-state index contributed by atoms with van der Waals surface area (Å²) in [5.41, 5.74) is 0.640. The standard InChI is InChI=1S/C9H8FN3O/c1-14-8-3-2-6(4-7(8)10)9-11-5-12-13-9/h2-5H,1H3,(H,11,12,13). The van der Waals surface area contributed by atoms with Gasteiger partial charge in [-0.15, -0.1) is 0 Å². The molecule has 0 aliphatic carbocycles. The van der Waals surface area contributed by atoms with Crippen LogP contribution in [0.4, 0.5) is 4.39 Å². The van der Waals surface area contributed by atoms with Crippen molar-refractivity contribution in [3.63, 3.8) is 0 Å². The number of halogens is 1. The summed E-state index contributed by atoms with van der Waals surface area (Å²) in [4.78, 5) is 3.91. The van der Waals surface area contributed by atoms with Crippen molar-refractivity contribution in [3.8, 4) is 17.1 Å². The number of nitrogens with one attached hydrogen (secondary N) is 1. The summed E-state index contributed by atoms with van der Waals surface area (Å²) in [5.74, 6) is 0.334. The number of methoxy groups -OCH3 is 1. The quantitative estimate of drug-likeness (QED) is 0.788. The predicted octanol–water partition coefficient (Wildman–Crippen LogP) is 1.62. The van der Waals surface area contributed by atoms with Gasteiger partial charge in [0.05, 0.1) is 7.11 Å². The minimum atomic E-state index is -0.415. The zero-order chi connectivity index (χ0) is 9.97. The Balaban J connectivity index is 2.43. The van der Waals surface area contributed by atoms with Gasteiger partial charge in [-0.2, -0.15) is 5.10 Å². The molecule has 5 heteroatoms. The van der Waals surface area contributed by atoms with Crippen LogP contribution in [0.15, 0.2) is 24.5 Å². The summed E-state index contributed by atoms with van der Waals surface area (Å²) in [7, 11) is 1.42. The maximum Gasteiger partial charge on any atom is 0.165 e. The lowest BCUT2D eigenvalue weighted by Crippen LogP contribution is -1.89. The van der Waals surface area contributed by atoms with Gasteiger partial charge in [0.15, 0.2) is 17.4 Å². The Labute approximate surface area is 79.7 Å². The molecular weight excluding hydrogens is 185 g/mol. The molecule has 2 aromatic rings. The van der Waals surface area contributed by atoms with Crippen LogP contribution in [0.3, 0.4) is 0 Å². The Morgan fingerprint density at radius 2 is 2.29 bits per heavy atom. The molecule has 2 rings (SSSR count). The van der Waals surface area contributed by atoms with Crippen LogP contribution >= 0.6 is 0 Å². The Morgan fingerprint density at radius 3 is 2.86 bits per heavy atom. The van der Waals surface area contributed by atoms with Crippen LogP contribution in [-0.4, -0.2) is 22.3 Å². The number of rotatable bonds is 2. The van der Waals surface area contributed by atoms with E-state index in [9.17, 15) is 4.39 Å². The van der Waals surface area contributed by atoms with Gasteiger partial charge in [0, 0.05) is 5.56 Å². The van der Waals surface area contributed by atoms with E-state index in [1.807, 2.05) is 0 Å². The molecule has 0 aliphatic rings. The molecule has 0 amide bonds. The number of ether oxygens (including phenoxy) is 1. The molecule has 4 nitrogen and oxygen atoms in total. The van der Waals surface area contributed by atoms with Crippen molar-refractivity contribution in [2.24, 2.45) is 0 Å². The number of nitrogens with zero attached hydrogens (tertiary/aromatic N) is 2. The molecule has 1 N–H and O–H groups in total. The van der Waals surface area contributed by atoms with Crippen LogP contribution in [-0.2, 0) is 0 Å². The van der Waals surface area contributed by atoms with Gasteiger partial charge in [-0.1, -0.05) is 0 Å². The molecule has 1 aromatic carbocycles. The Kier molecular flexibility index (Phi) is 2.14. The number of aromatic amines is 1. The summed E-state index contributed by atoms with van der Waals surface area (Å²) < 4.78 is 18.1. The van der Waals surface area contributed by atoms with E-state index < -0.39 is 5.82 Å². The first-order valence-electron chi connectivity index (χ1n) is 4.00. The van der Waals surface area contributed by atoms with Crippen LogP contribution in [0, 0.1) is 5.82 Å². The molecule has 0 saturated heterocycles. The van der Waals surface area contributed by atoms with Crippen LogP contribution < -0.4 is 4.74 Å². The van der Waals surface area contributed by atoms with E-state index in [0.29, 0.717) is 11.4 Å². The number of H-pyrrole nitrogens is 1. The van der Waals surface area contributed by atoms with Gasteiger partial charge in [0.1, 0.15) is 6.33 Å². The monoisotopic (exact) mass is 193 g/mol. The fourth-order valence-corrected chi connectivity index (χ4v) is 1.16. The highest BCUT2D eigenvalue weighted by molar-refractivity contribution is 5.55. The van der Waals surface area contributed by atoms with Crippen molar-refractivity contribution in [1.82, 2.24) is 15.2 Å². The average Bonchev–Trinajstić information content (AvgIpc) is 2.70. The third-order valence-electron chi connectivity index (χ3n) is 1.84. The Hall–Kier alpha value is -1.91. The fourth-order valence-electron chi connectivity index (χ4n) is 1.16. The lowest BCUT2D eigenvalue weighted by molar-refractivity contribution is 0.386. The number of hydrogen-bond acceptors (Lipinski definition) is 3. The highest BCUT2D eigenvalue weighted by atomic mass is 19.1. The molecule has 0 saturated carbocycles. The van der Waals surface area contributed by atoms with Gasteiger partial charge in [-0.3, -0.25) is 5.10 Å². The second kappa shape index (κ2) is 3.45. The van der Waals surface area contributed by atoms with E-state index >= 15 is 0 Å². The van der Waals surface area contributed by atoms with Crippen molar-refractivity contribution in [2.75, 3.05) is 7.11 Å². The van der Waals surface area contributed by atoms with E-state index in [1.165, 1.54) is 19.5 Å². The highest BCUT2D eigenvalue weighted by Crippen LogP contribution is 2.22. The van der Waals surface area contributed by atoms with E-state index in [0.717, 1.165) is 0 Å². The van der Waals surface area contributed by atoms with Crippen molar-refractivity contribution in [1.29, 1.82) is 0 Å². The summed E-state index contributed by atoms with van der Waals surface area (Å²) in [6.07, 6.45) is 1.37. The van der Waals surface area contributed by atoms with E-state index in [2.05, 4.69) is 15.2 Å². The summed E-state index contributed by atoms with van der Waals surface area (Å²) in [6.45, 7) is 0. The molecule has 0 bridgehead atoms. The minimum absolute atomic E-state index is 0.216. The number of aromatic nitrogens is 3. The lowest BCUT2D eigenvalue weighted by atomic mass is 10.2. The van der Waals surface area contributed by atoms with Crippen LogP contribution in [0.2, 0.25) is 0 Å². The molecule has 1 aromatic heterocycles. The molecule has 0 radical (unpaired) electrons. The van der Waals surface area contributed by atoms with Gasteiger partial charge in [0.25, 0.3) is 0 Å². The zero-order valence-electron chi connectivity index (χ0n) is 7.49. The van der Waals surface area contributed by atoms with Gasteiger partial charge in [0.2, 0.25) is 0 Å². The second-order valence-electron chi connectivity index (χ2n) is 2.68. The summed E-state index contributed by atoms with van der Waals surface area (Å²) in [5, 5.41) is 6.33. The van der Waals surface area contributed by atoms with Crippen molar-refractivity contribution >= 4 is 0 Å². The van der Waals surface area contributed by atoms with E-state index in [1.54, 1.807) is 12.1 Å². The third kappa shape index (κ3) is 1.44. The summed E-state index contributed by atoms with van der Waals surface area (Å²) >= 11 is 0. The van der Waals surface area contributed by atoms with Crippen molar-refractivity contribution in [3.05, 3.63) is 30.3 Å². The topological polar surface area (TPSA) is 50.8 Å². The first-order chi connectivity index (χ1) is 6.81. The summed E-state index contributed by atoms with van der Waals surface area (Å²) in [6, 6.07) is 4.61. The molecule has 72 valence electrons. The fraction of sp³-hybridized carbons (Fsp3) is 0.111. The average molecular weight is 193 g/mol. The maximum absolute atomic E-state index is 13.3. The first kappa shape index (κ1) is 8.68. The Morgan fingerprint density at radius 1 is 1.43 bits per heavy atom. The number of benzene rings is 1. The largest absolute Gasteiger partial charge is 0.494 e. The van der Waals surface area contributed by atoms with E-state index in [-0.39, 0.29) is 5.75 Å². The second-order valence-corrected chi connectivity index (χ2v) is 2.68. The molecule has 0 atom stereocenters. The SMILES string of the molecule is COc1ccc(-c2ncn[nH]2)cc1F. The molecule has 0 spiro atoms. The molecule has 0 fully saturated rings. The van der Waals surface area contributed by atoms with Gasteiger partial charge < -0.3 is 4.74 Å². The van der Waals surface area contributed by atoms with Crippen LogP contribution in [0.5, 0.6) is 5.75 Å². The third-order valence-corrected chi connectivity index (χ3v) is 1.84. The number of hydrogen-bond donors (Lipinski definition) is 1. The highest BCUT2D eigenvalue weighted by Gasteiger charge is 2.06. The van der Waals surface area contributed by atoms with Crippen molar-refractivity contribution in [2.45, 2.75) is 0 Å². The first-order valence-corrected chi connectivity index (χ1v) is 4.00.